The topological polar surface area (TPSA) is 61.1 Å². The van der Waals surface area contributed by atoms with Crippen LogP contribution in [0, 0.1) is 11.3 Å². The number of hydrogen-bond donors (Lipinski definition) is 1. The molecule has 5 heteroatoms. The molecule has 0 unspecified atom stereocenters. The van der Waals surface area contributed by atoms with Crippen LogP contribution in [0.25, 0.3) is 0 Å². The number of unbranched alkanes of at least 4 members (excludes halogenated alkanes) is 1. The van der Waals surface area contributed by atoms with E-state index in [2.05, 4.69) is 22.0 Å². The van der Waals surface area contributed by atoms with E-state index in [4.69, 9.17) is 10.4 Å². The zero-order valence-corrected chi connectivity index (χ0v) is 10.8. The maximum absolute atomic E-state index is 10.9. The Bertz CT molecular complexity index is 428. The standard InChI is InChI=1S/C11H10BrNO2S/c12-8-3-4-9(11(14)15)10(7-8)16-6-2-1-5-13/h3-4,7H,1-2,6H2,(H,14,15). The summed E-state index contributed by atoms with van der Waals surface area (Å²) in [6, 6.07) is 7.15. The Hall–Kier alpha value is -0.990. The molecule has 0 aliphatic carbocycles. The predicted molar refractivity (Wildman–Crippen MR) is 66.7 cm³/mol. The van der Waals surface area contributed by atoms with Crippen molar-refractivity contribution in [1.29, 1.82) is 5.26 Å². The van der Waals surface area contributed by atoms with Gasteiger partial charge in [0.15, 0.2) is 0 Å². The van der Waals surface area contributed by atoms with Gasteiger partial charge in [0, 0.05) is 15.8 Å². The summed E-state index contributed by atoms with van der Waals surface area (Å²) >= 11 is 4.78. The fraction of sp³-hybridized carbons (Fsp3) is 0.273. The number of carbonyl (C=O) groups is 1. The van der Waals surface area contributed by atoms with E-state index in [1.54, 1.807) is 18.2 Å². The van der Waals surface area contributed by atoms with Crippen molar-refractivity contribution in [2.45, 2.75) is 17.7 Å². The molecule has 0 fully saturated rings. The SMILES string of the molecule is N#CCCCSc1cc(Br)ccc1C(=O)O. The number of thioether (sulfide) groups is 1. The number of rotatable bonds is 5. The molecule has 0 saturated carbocycles. The maximum atomic E-state index is 10.9. The van der Waals surface area contributed by atoms with Crippen LogP contribution in [-0.4, -0.2) is 16.8 Å². The third-order valence-electron chi connectivity index (χ3n) is 1.86. The molecule has 0 aliphatic rings. The van der Waals surface area contributed by atoms with E-state index >= 15 is 0 Å². The summed E-state index contributed by atoms with van der Waals surface area (Å²) in [7, 11) is 0. The van der Waals surface area contributed by atoms with E-state index in [9.17, 15) is 4.79 Å². The van der Waals surface area contributed by atoms with Gasteiger partial charge in [-0.1, -0.05) is 15.9 Å². The van der Waals surface area contributed by atoms with Crippen molar-refractivity contribution in [3.8, 4) is 6.07 Å². The molecule has 3 nitrogen and oxygen atoms in total. The minimum absolute atomic E-state index is 0.310. The van der Waals surface area contributed by atoms with Crippen molar-refractivity contribution >= 4 is 33.7 Å². The quantitative estimate of drug-likeness (QED) is 0.667. The molecule has 0 aliphatic heterocycles. The van der Waals surface area contributed by atoms with Crippen molar-refractivity contribution in [1.82, 2.24) is 0 Å². The molecule has 1 aromatic rings. The lowest BCUT2D eigenvalue weighted by Gasteiger charge is -2.05. The van der Waals surface area contributed by atoms with E-state index in [1.165, 1.54) is 11.8 Å². The van der Waals surface area contributed by atoms with Gasteiger partial charge in [-0.05, 0) is 30.4 Å². The predicted octanol–water partition coefficient (Wildman–Crippen LogP) is 3.54. The molecule has 0 bridgehead atoms. The number of hydrogen-bond acceptors (Lipinski definition) is 3. The van der Waals surface area contributed by atoms with Gasteiger partial charge in [-0.15, -0.1) is 11.8 Å². The molecule has 16 heavy (non-hydrogen) atoms. The van der Waals surface area contributed by atoms with Gasteiger partial charge in [0.05, 0.1) is 11.6 Å². The molecule has 1 aromatic carbocycles. The Morgan fingerprint density at radius 2 is 2.31 bits per heavy atom. The smallest absolute Gasteiger partial charge is 0.336 e. The second-order valence-electron chi connectivity index (χ2n) is 3.06. The van der Waals surface area contributed by atoms with E-state index < -0.39 is 5.97 Å². The van der Waals surface area contributed by atoms with Gasteiger partial charge < -0.3 is 5.11 Å². The third kappa shape index (κ3) is 3.87. The van der Waals surface area contributed by atoms with Gasteiger partial charge in [-0.25, -0.2) is 4.79 Å². The average molecular weight is 300 g/mol. The molecule has 1 N–H and O–H groups in total. The van der Waals surface area contributed by atoms with E-state index in [1.807, 2.05) is 0 Å². The second kappa shape index (κ2) is 6.56. The second-order valence-corrected chi connectivity index (χ2v) is 5.11. The van der Waals surface area contributed by atoms with Gasteiger partial charge in [-0.3, -0.25) is 0 Å². The van der Waals surface area contributed by atoms with Crippen LogP contribution in [0.3, 0.4) is 0 Å². The van der Waals surface area contributed by atoms with Gasteiger partial charge in [-0.2, -0.15) is 5.26 Å². The minimum Gasteiger partial charge on any atom is -0.478 e. The Labute approximate surface area is 107 Å². The summed E-state index contributed by atoms with van der Waals surface area (Å²) < 4.78 is 0.861. The maximum Gasteiger partial charge on any atom is 0.336 e. The Morgan fingerprint density at radius 3 is 2.94 bits per heavy atom. The first-order valence-electron chi connectivity index (χ1n) is 4.67. The molecule has 1 rings (SSSR count). The Morgan fingerprint density at radius 1 is 1.56 bits per heavy atom. The summed E-state index contributed by atoms with van der Waals surface area (Å²) in [6.07, 6.45) is 1.27. The van der Waals surface area contributed by atoms with Crippen LogP contribution < -0.4 is 0 Å². The number of halogens is 1. The summed E-state index contributed by atoms with van der Waals surface area (Å²) in [5, 5.41) is 17.4. The summed E-state index contributed by atoms with van der Waals surface area (Å²) in [4.78, 5) is 11.7. The zero-order chi connectivity index (χ0) is 12.0. The molecule has 84 valence electrons. The summed E-state index contributed by atoms with van der Waals surface area (Å²) in [5.41, 5.74) is 0.310. The highest BCUT2D eigenvalue weighted by Gasteiger charge is 2.10. The van der Waals surface area contributed by atoms with Crippen LogP contribution in [0.15, 0.2) is 27.6 Å². The van der Waals surface area contributed by atoms with E-state index in [0.29, 0.717) is 12.0 Å². The number of carboxylic acids is 1. The highest BCUT2D eigenvalue weighted by Crippen LogP contribution is 2.27. The minimum atomic E-state index is -0.921. The number of aromatic carboxylic acids is 1. The largest absolute Gasteiger partial charge is 0.478 e. The molecular weight excluding hydrogens is 290 g/mol. The molecule has 0 radical (unpaired) electrons. The number of nitrogens with zero attached hydrogens (tertiary/aromatic N) is 1. The van der Waals surface area contributed by atoms with Crippen LogP contribution in [0.2, 0.25) is 0 Å². The van der Waals surface area contributed by atoms with Crippen LogP contribution >= 0.6 is 27.7 Å². The lowest BCUT2D eigenvalue weighted by Crippen LogP contribution is -1.98. The first-order chi connectivity index (χ1) is 7.65. The lowest BCUT2D eigenvalue weighted by molar-refractivity contribution is 0.0693. The van der Waals surface area contributed by atoms with Crippen molar-refractivity contribution in [2.75, 3.05) is 5.75 Å². The lowest BCUT2D eigenvalue weighted by atomic mass is 10.2. The van der Waals surface area contributed by atoms with Crippen molar-refractivity contribution in [3.05, 3.63) is 28.2 Å². The van der Waals surface area contributed by atoms with E-state index in [0.717, 1.165) is 21.5 Å². The van der Waals surface area contributed by atoms with Crippen molar-refractivity contribution < 1.29 is 9.90 Å². The average Bonchev–Trinajstić information content (AvgIpc) is 2.24. The summed E-state index contributed by atoms with van der Waals surface area (Å²) in [5.74, 6) is -0.167. The molecule has 0 heterocycles. The Kier molecular flexibility index (Phi) is 5.36. The van der Waals surface area contributed by atoms with Crippen LogP contribution in [0.5, 0.6) is 0 Å². The highest BCUT2D eigenvalue weighted by molar-refractivity contribution is 9.10. The number of carboxylic acid groups (broad SMARTS) is 1. The van der Waals surface area contributed by atoms with Crippen molar-refractivity contribution in [3.63, 3.8) is 0 Å². The molecule has 0 spiro atoms. The third-order valence-corrected chi connectivity index (χ3v) is 3.50. The van der Waals surface area contributed by atoms with Crippen LogP contribution in [0.1, 0.15) is 23.2 Å². The fourth-order valence-corrected chi connectivity index (χ4v) is 2.67. The molecule has 0 saturated heterocycles. The first-order valence-corrected chi connectivity index (χ1v) is 6.45. The molecule has 0 aromatic heterocycles. The Balaban J connectivity index is 2.73. The summed E-state index contributed by atoms with van der Waals surface area (Å²) in [6.45, 7) is 0. The van der Waals surface area contributed by atoms with E-state index in [-0.39, 0.29) is 0 Å². The number of nitriles is 1. The van der Waals surface area contributed by atoms with Crippen molar-refractivity contribution in [2.24, 2.45) is 0 Å². The highest BCUT2D eigenvalue weighted by atomic mass is 79.9. The van der Waals surface area contributed by atoms with Crippen LogP contribution in [-0.2, 0) is 0 Å². The molecule has 0 atom stereocenters. The zero-order valence-electron chi connectivity index (χ0n) is 8.44. The molecular formula is C11H10BrNO2S. The van der Waals surface area contributed by atoms with Gasteiger partial charge in [0.25, 0.3) is 0 Å². The fourth-order valence-electron chi connectivity index (χ4n) is 1.13. The van der Waals surface area contributed by atoms with Gasteiger partial charge in [0.1, 0.15) is 0 Å². The normalized spacial score (nSPS) is 9.75. The molecule has 0 amide bonds. The van der Waals surface area contributed by atoms with Gasteiger partial charge in [0.2, 0.25) is 0 Å². The van der Waals surface area contributed by atoms with Gasteiger partial charge >= 0.3 is 5.97 Å². The monoisotopic (exact) mass is 299 g/mol. The number of benzene rings is 1. The first kappa shape index (κ1) is 13.1. The van der Waals surface area contributed by atoms with Crippen LogP contribution in [0.4, 0.5) is 0 Å².